The summed E-state index contributed by atoms with van der Waals surface area (Å²) in [6.45, 7) is 2.06. The fourth-order valence-electron chi connectivity index (χ4n) is 1.38. The number of nitrogens with two attached hydrogens (primary N) is 2. The summed E-state index contributed by atoms with van der Waals surface area (Å²) in [6, 6.07) is 5.95. The van der Waals surface area contributed by atoms with E-state index < -0.39 is 0 Å². The lowest BCUT2D eigenvalue weighted by atomic mass is 10.2. The van der Waals surface area contributed by atoms with E-state index in [1.807, 2.05) is 23.6 Å². The summed E-state index contributed by atoms with van der Waals surface area (Å²) in [7, 11) is 0. The Bertz CT molecular complexity index is 494. The summed E-state index contributed by atoms with van der Waals surface area (Å²) < 4.78 is 0. The van der Waals surface area contributed by atoms with Crippen LogP contribution >= 0.6 is 23.1 Å². The SMILES string of the molecule is Cc1cc(N)ccc1SCc1csc(N)n1. The molecule has 0 bridgehead atoms. The second-order valence-electron chi connectivity index (χ2n) is 3.49. The number of hydrogen-bond acceptors (Lipinski definition) is 5. The molecule has 1 heterocycles. The molecule has 0 amide bonds. The van der Waals surface area contributed by atoms with Gasteiger partial charge in [-0.25, -0.2) is 4.98 Å². The Balaban J connectivity index is 2.04. The van der Waals surface area contributed by atoms with Crippen LogP contribution in [0.2, 0.25) is 0 Å². The van der Waals surface area contributed by atoms with Gasteiger partial charge in [-0.3, -0.25) is 0 Å². The average molecular weight is 251 g/mol. The summed E-state index contributed by atoms with van der Waals surface area (Å²) in [6.07, 6.45) is 0. The maximum Gasteiger partial charge on any atom is 0.180 e. The van der Waals surface area contributed by atoms with E-state index in [9.17, 15) is 0 Å². The van der Waals surface area contributed by atoms with Crippen LogP contribution in [-0.4, -0.2) is 4.98 Å². The maximum atomic E-state index is 5.70. The van der Waals surface area contributed by atoms with Crippen LogP contribution in [0.5, 0.6) is 0 Å². The summed E-state index contributed by atoms with van der Waals surface area (Å²) in [4.78, 5) is 5.46. The molecule has 0 radical (unpaired) electrons. The molecule has 2 rings (SSSR count). The van der Waals surface area contributed by atoms with Crippen molar-refractivity contribution in [1.82, 2.24) is 4.98 Å². The van der Waals surface area contributed by atoms with E-state index in [0.717, 1.165) is 17.1 Å². The molecule has 0 aliphatic rings. The number of nitrogens with zero attached hydrogens (tertiary/aromatic N) is 1. The minimum atomic E-state index is 0.629. The largest absolute Gasteiger partial charge is 0.399 e. The standard InChI is InChI=1S/C11H13N3S2/c1-7-4-8(12)2-3-10(7)15-5-9-6-16-11(13)14-9/h2-4,6H,5,12H2,1H3,(H2,13,14). The van der Waals surface area contributed by atoms with Gasteiger partial charge < -0.3 is 11.5 Å². The van der Waals surface area contributed by atoms with Gasteiger partial charge in [0.2, 0.25) is 0 Å². The molecule has 0 aliphatic carbocycles. The molecule has 0 spiro atoms. The van der Waals surface area contributed by atoms with Crippen LogP contribution in [0.3, 0.4) is 0 Å². The van der Waals surface area contributed by atoms with Crippen molar-refractivity contribution in [3.8, 4) is 0 Å². The fourth-order valence-corrected chi connectivity index (χ4v) is 2.95. The van der Waals surface area contributed by atoms with Gasteiger partial charge in [0, 0.05) is 21.7 Å². The molecule has 0 aliphatic heterocycles. The number of thioether (sulfide) groups is 1. The highest BCUT2D eigenvalue weighted by molar-refractivity contribution is 7.98. The minimum absolute atomic E-state index is 0.629. The number of aryl methyl sites for hydroxylation is 1. The number of thiazole rings is 1. The molecule has 0 fully saturated rings. The smallest absolute Gasteiger partial charge is 0.180 e. The maximum absolute atomic E-state index is 5.70. The van der Waals surface area contributed by atoms with Crippen molar-refractivity contribution >= 4 is 33.9 Å². The molecule has 5 heteroatoms. The monoisotopic (exact) mass is 251 g/mol. The number of nitrogen functional groups attached to an aromatic ring is 2. The molecule has 3 nitrogen and oxygen atoms in total. The van der Waals surface area contributed by atoms with Crippen LogP contribution in [0.25, 0.3) is 0 Å². The van der Waals surface area contributed by atoms with Crippen molar-refractivity contribution < 1.29 is 0 Å². The molecule has 0 atom stereocenters. The third-order valence-electron chi connectivity index (χ3n) is 2.14. The normalized spacial score (nSPS) is 10.6. The Labute approximate surface area is 103 Å². The lowest BCUT2D eigenvalue weighted by molar-refractivity contribution is 1.23. The van der Waals surface area contributed by atoms with Gasteiger partial charge in [-0.15, -0.1) is 23.1 Å². The summed E-state index contributed by atoms with van der Waals surface area (Å²) in [5, 5.41) is 2.62. The number of benzene rings is 1. The van der Waals surface area contributed by atoms with Crippen molar-refractivity contribution in [3.05, 3.63) is 34.8 Å². The fraction of sp³-hybridized carbons (Fsp3) is 0.182. The number of rotatable bonds is 3. The Morgan fingerprint density at radius 2 is 2.19 bits per heavy atom. The summed E-state index contributed by atoms with van der Waals surface area (Å²) >= 11 is 3.23. The average Bonchev–Trinajstić information content (AvgIpc) is 2.63. The van der Waals surface area contributed by atoms with E-state index in [1.54, 1.807) is 11.8 Å². The lowest BCUT2D eigenvalue weighted by Crippen LogP contribution is -1.88. The summed E-state index contributed by atoms with van der Waals surface area (Å²) in [5.74, 6) is 0.846. The van der Waals surface area contributed by atoms with Crippen LogP contribution in [0.1, 0.15) is 11.3 Å². The van der Waals surface area contributed by atoms with Crippen LogP contribution in [0.4, 0.5) is 10.8 Å². The second-order valence-corrected chi connectivity index (χ2v) is 5.40. The quantitative estimate of drug-likeness (QED) is 0.650. The molecule has 16 heavy (non-hydrogen) atoms. The Morgan fingerprint density at radius 1 is 1.38 bits per heavy atom. The first-order valence-corrected chi connectivity index (χ1v) is 6.70. The second kappa shape index (κ2) is 4.76. The van der Waals surface area contributed by atoms with E-state index in [-0.39, 0.29) is 0 Å². The zero-order chi connectivity index (χ0) is 11.5. The summed E-state index contributed by atoms with van der Waals surface area (Å²) in [5.41, 5.74) is 14.3. The van der Waals surface area contributed by atoms with E-state index in [0.29, 0.717) is 5.13 Å². The molecular weight excluding hydrogens is 238 g/mol. The third kappa shape index (κ3) is 2.68. The Hall–Kier alpha value is -1.20. The Kier molecular flexibility index (Phi) is 3.36. The van der Waals surface area contributed by atoms with Gasteiger partial charge in [-0.05, 0) is 30.7 Å². The highest BCUT2D eigenvalue weighted by Crippen LogP contribution is 2.27. The van der Waals surface area contributed by atoms with Crippen molar-refractivity contribution in [2.24, 2.45) is 0 Å². The van der Waals surface area contributed by atoms with E-state index >= 15 is 0 Å². The molecule has 2 aromatic rings. The molecular formula is C11H13N3S2. The highest BCUT2D eigenvalue weighted by atomic mass is 32.2. The van der Waals surface area contributed by atoms with E-state index in [2.05, 4.69) is 11.9 Å². The van der Waals surface area contributed by atoms with Gasteiger partial charge in [-0.1, -0.05) is 0 Å². The number of anilines is 2. The van der Waals surface area contributed by atoms with Crippen LogP contribution < -0.4 is 11.5 Å². The van der Waals surface area contributed by atoms with Crippen molar-refractivity contribution in [2.45, 2.75) is 17.6 Å². The van der Waals surface area contributed by atoms with Crippen molar-refractivity contribution in [2.75, 3.05) is 11.5 Å². The first-order chi connectivity index (χ1) is 7.65. The first kappa shape index (κ1) is 11.3. The zero-order valence-electron chi connectivity index (χ0n) is 8.93. The Morgan fingerprint density at radius 3 is 2.81 bits per heavy atom. The van der Waals surface area contributed by atoms with Crippen molar-refractivity contribution in [3.63, 3.8) is 0 Å². The van der Waals surface area contributed by atoms with Crippen LogP contribution in [0, 0.1) is 6.92 Å². The molecule has 4 N–H and O–H groups in total. The number of aromatic nitrogens is 1. The molecule has 0 unspecified atom stereocenters. The van der Waals surface area contributed by atoms with Crippen LogP contribution in [-0.2, 0) is 5.75 Å². The zero-order valence-corrected chi connectivity index (χ0v) is 10.6. The predicted octanol–water partition coefficient (Wildman–Crippen LogP) is 2.91. The number of hydrogen-bond donors (Lipinski definition) is 2. The molecule has 84 valence electrons. The van der Waals surface area contributed by atoms with Crippen LogP contribution in [0.15, 0.2) is 28.5 Å². The molecule has 0 saturated heterocycles. The lowest BCUT2D eigenvalue weighted by Gasteiger charge is -2.04. The van der Waals surface area contributed by atoms with E-state index in [4.69, 9.17) is 11.5 Å². The van der Waals surface area contributed by atoms with Gasteiger partial charge in [0.15, 0.2) is 5.13 Å². The van der Waals surface area contributed by atoms with E-state index in [1.165, 1.54) is 21.8 Å². The molecule has 0 saturated carbocycles. The van der Waals surface area contributed by atoms with Gasteiger partial charge in [0.1, 0.15) is 0 Å². The molecule has 1 aromatic heterocycles. The minimum Gasteiger partial charge on any atom is -0.399 e. The first-order valence-electron chi connectivity index (χ1n) is 4.84. The highest BCUT2D eigenvalue weighted by Gasteiger charge is 2.03. The van der Waals surface area contributed by atoms with Gasteiger partial charge in [0.05, 0.1) is 5.69 Å². The van der Waals surface area contributed by atoms with Gasteiger partial charge in [-0.2, -0.15) is 0 Å². The molecule has 1 aromatic carbocycles. The van der Waals surface area contributed by atoms with Gasteiger partial charge >= 0.3 is 0 Å². The van der Waals surface area contributed by atoms with Crippen molar-refractivity contribution in [1.29, 1.82) is 0 Å². The third-order valence-corrected chi connectivity index (χ3v) is 4.08. The van der Waals surface area contributed by atoms with Gasteiger partial charge in [0.25, 0.3) is 0 Å². The topological polar surface area (TPSA) is 64.9 Å². The predicted molar refractivity (Wildman–Crippen MR) is 71.7 cm³/mol.